The van der Waals surface area contributed by atoms with E-state index in [9.17, 15) is 19.7 Å². The summed E-state index contributed by atoms with van der Waals surface area (Å²) >= 11 is 0. The first-order chi connectivity index (χ1) is 14.9. The number of carbonyl (C=O) groups is 2. The third kappa shape index (κ3) is 6.80. The zero-order valence-corrected chi connectivity index (χ0v) is 18.2. The van der Waals surface area contributed by atoms with Gasteiger partial charge in [0.2, 0.25) is 11.8 Å². The van der Waals surface area contributed by atoms with E-state index in [1.165, 1.54) is 11.0 Å². The molecule has 0 fully saturated rings. The Morgan fingerprint density at radius 2 is 1.84 bits per heavy atom. The second-order valence-corrected chi connectivity index (χ2v) is 7.25. The Hall–Kier alpha value is -3.42. The first kappa shape index (κ1) is 23.9. The number of para-hydroxylation sites is 1. The Morgan fingerprint density at radius 1 is 1.16 bits per heavy atom. The molecule has 8 heteroatoms. The predicted octanol–water partition coefficient (Wildman–Crippen LogP) is 3.48. The Labute approximate surface area is 182 Å². The Morgan fingerprint density at radius 3 is 2.45 bits per heavy atom. The van der Waals surface area contributed by atoms with Crippen LogP contribution in [0.3, 0.4) is 0 Å². The molecule has 1 N–H and O–H groups in total. The quantitative estimate of drug-likeness (QED) is 0.336. The molecule has 2 amide bonds. The van der Waals surface area contributed by atoms with Gasteiger partial charge in [-0.15, -0.1) is 0 Å². The minimum Gasteiger partial charge on any atom is -0.497 e. The molecule has 2 aromatic rings. The third-order valence-corrected chi connectivity index (χ3v) is 5.04. The van der Waals surface area contributed by atoms with Gasteiger partial charge < -0.3 is 15.0 Å². The van der Waals surface area contributed by atoms with Crippen molar-refractivity contribution in [3.05, 3.63) is 69.8 Å². The molecule has 2 rings (SSSR count). The molecule has 8 nitrogen and oxygen atoms in total. The molecule has 0 bridgehead atoms. The molecule has 0 saturated heterocycles. The molecular weight excluding hydrogens is 398 g/mol. The summed E-state index contributed by atoms with van der Waals surface area (Å²) < 4.78 is 5.17. The molecule has 0 aliphatic heterocycles. The van der Waals surface area contributed by atoms with Crippen molar-refractivity contribution < 1.29 is 19.2 Å². The number of nitro benzene ring substituents is 1. The topological polar surface area (TPSA) is 102 Å². The number of benzene rings is 2. The lowest BCUT2D eigenvalue weighted by Gasteiger charge is -2.29. The van der Waals surface area contributed by atoms with E-state index < -0.39 is 11.0 Å². The summed E-state index contributed by atoms with van der Waals surface area (Å²) in [6.07, 6.45) is 1.63. The number of hydrogen-bond donors (Lipinski definition) is 1. The number of hydrogen-bond acceptors (Lipinski definition) is 5. The number of nitrogens with one attached hydrogen (secondary N) is 1. The van der Waals surface area contributed by atoms with Crippen molar-refractivity contribution in [2.24, 2.45) is 0 Å². The molecule has 0 aliphatic carbocycles. The van der Waals surface area contributed by atoms with Gasteiger partial charge in [-0.05, 0) is 31.0 Å². The maximum atomic E-state index is 13.2. The molecule has 0 radical (unpaired) electrons. The Balaban J connectivity index is 2.25. The predicted molar refractivity (Wildman–Crippen MR) is 118 cm³/mol. The minimum absolute atomic E-state index is 0.111. The van der Waals surface area contributed by atoms with Crippen LogP contribution in [-0.2, 0) is 22.6 Å². The van der Waals surface area contributed by atoms with Gasteiger partial charge in [0, 0.05) is 24.7 Å². The summed E-state index contributed by atoms with van der Waals surface area (Å²) in [5.41, 5.74) is 1.03. The highest BCUT2D eigenvalue weighted by Crippen LogP contribution is 2.21. The molecule has 0 aromatic heterocycles. The second-order valence-electron chi connectivity index (χ2n) is 7.25. The van der Waals surface area contributed by atoms with Crippen LogP contribution >= 0.6 is 0 Å². The van der Waals surface area contributed by atoms with E-state index in [-0.39, 0.29) is 30.5 Å². The standard InChI is InChI=1S/C23H29N3O5/c1-4-5-14-24-23(28)17(2)25(16-18-10-12-20(31-3)13-11-18)22(27)15-19-8-6-7-9-21(19)26(29)30/h6-13,17H,4-5,14-16H2,1-3H3,(H,24,28)/t17-/m0/s1. The van der Waals surface area contributed by atoms with E-state index in [1.54, 1.807) is 44.4 Å². The van der Waals surface area contributed by atoms with Crippen molar-refractivity contribution in [2.45, 2.75) is 45.7 Å². The summed E-state index contributed by atoms with van der Waals surface area (Å²) in [4.78, 5) is 38.1. The molecule has 31 heavy (non-hydrogen) atoms. The maximum absolute atomic E-state index is 13.2. The van der Waals surface area contributed by atoms with E-state index in [1.807, 2.05) is 19.1 Å². The Kier molecular flexibility index (Phi) is 8.99. The molecule has 0 unspecified atom stereocenters. The van der Waals surface area contributed by atoms with Crippen LogP contribution in [0.4, 0.5) is 5.69 Å². The molecule has 166 valence electrons. The number of ether oxygens (including phenoxy) is 1. The molecule has 0 spiro atoms. The van der Waals surface area contributed by atoms with Crippen molar-refractivity contribution >= 4 is 17.5 Å². The van der Waals surface area contributed by atoms with Crippen molar-refractivity contribution in [1.82, 2.24) is 10.2 Å². The van der Waals surface area contributed by atoms with E-state index in [2.05, 4.69) is 5.32 Å². The van der Waals surface area contributed by atoms with Crippen LogP contribution in [-0.4, -0.2) is 41.3 Å². The fourth-order valence-electron chi connectivity index (χ4n) is 3.15. The average molecular weight is 428 g/mol. The minimum atomic E-state index is -0.728. The van der Waals surface area contributed by atoms with Crippen LogP contribution in [0.5, 0.6) is 5.75 Å². The van der Waals surface area contributed by atoms with Crippen molar-refractivity contribution in [3.8, 4) is 5.75 Å². The fourth-order valence-corrected chi connectivity index (χ4v) is 3.15. The van der Waals surface area contributed by atoms with Gasteiger partial charge in [-0.3, -0.25) is 19.7 Å². The van der Waals surface area contributed by atoms with Crippen LogP contribution < -0.4 is 10.1 Å². The third-order valence-electron chi connectivity index (χ3n) is 5.04. The molecule has 0 heterocycles. The van der Waals surface area contributed by atoms with E-state index >= 15 is 0 Å². The number of nitrogens with zero attached hydrogens (tertiary/aromatic N) is 2. The molecule has 0 aliphatic rings. The Bertz CT molecular complexity index is 898. The van der Waals surface area contributed by atoms with E-state index in [4.69, 9.17) is 4.74 Å². The molecule has 1 atom stereocenters. The van der Waals surface area contributed by atoms with Crippen molar-refractivity contribution in [3.63, 3.8) is 0 Å². The summed E-state index contributed by atoms with van der Waals surface area (Å²) in [5.74, 6) is 0.0769. The van der Waals surface area contributed by atoms with Crippen LogP contribution in [0.2, 0.25) is 0 Å². The number of unbranched alkanes of at least 4 members (excludes halogenated alkanes) is 1. The van der Waals surface area contributed by atoms with Crippen molar-refractivity contribution in [1.29, 1.82) is 0 Å². The first-order valence-electron chi connectivity index (χ1n) is 10.3. The summed E-state index contributed by atoms with van der Waals surface area (Å²) in [7, 11) is 1.57. The monoisotopic (exact) mass is 427 g/mol. The summed E-state index contributed by atoms with van der Waals surface area (Å²) in [5, 5.41) is 14.2. The highest BCUT2D eigenvalue weighted by Gasteiger charge is 2.27. The lowest BCUT2D eigenvalue weighted by Crippen LogP contribution is -2.48. The van der Waals surface area contributed by atoms with Crippen molar-refractivity contribution in [2.75, 3.05) is 13.7 Å². The zero-order valence-electron chi connectivity index (χ0n) is 18.2. The molecule has 0 saturated carbocycles. The average Bonchev–Trinajstić information content (AvgIpc) is 2.77. The molecule has 2 aromatic carbocycles. The van der Waals surface area contributed by atoms with Crippen LogP contribution in [0.15, 0.2) is 48.5 Å². The van der Waals surface area contributed by atoms with Gasteiger partial charge in [-0.2, -0.15) is 0 Å². The summed E-state index contributed by atoms with van der Waals surface area (Å²) in [6.45, 7) is 4.43. The van der Waals surface area contributed by atoms with Gasteiger partial charge in [-0.1, -0.05) is 43.7 Å². The van der Waals surface area contributed by atoms with Crippen LogP contribution in [0.25, 0.3) is 0 Å². The van der Waals surface area contributed by atoms with E-state index in [0.29, 0.717) is 17.9 Å². The first-order valence-corrected chi connectivity index (χ1v) is 10.3. The van der Waals surface area contributed by atoms with Crippen LogP contribution in [0.1, 0.15) is 37.8 Å². The largest absolute Gasteiger partial charge is 0.497 e. The lowest BCUT2D eigenvalue weighted by molar-refractivity contribution is -0.385. The van der Waals surface area contributed by atoms with E-state index in [0.717, 1.165) is 18.4 Å². The summed E-state index contributed by atoms with van der Waals surface area (Å²) in [6, 6.07) is 12.6. The maximum Gasteiger partial charge on any atom is 0.273 e. The highest BCUT2D eigenvalue weighted by molar-refractivity contribution is 5.88. The lowest BCUT2D eigenvalue weighted by atomic mass is 10.1. The smallest absolute Gasteiger partial charge is 0.273 e. The normalized spacial score (nSPS) is 11.5. The fraction of sp³-hybridized carbons (Fsp3) is 0.391. The van der Waals surface area contributed by atoms with Gasteiger partial charge in [0.15, 0.2) is 0 Å². The zero-order chi connectivity index (χ0) is 22.8. The van der Waals surface area contributed by atoms with Crippen LogP contribution in [0, 0.1) is 10.1 Å². The van der Waals surface area contributed by atoms with Gasteiger partial charge >= 0.3 is 0 Å². The number of amides is 2. The van der Waals surface area contributed by atoms with Gasteiger partial charge in [-0.25, -0.2) is 0 Å². The van der Waals surface area contributed by atoms with Gasteiger partial charge in [0.1, 0.15) is 11.8 Å². The number of nitro groups is 1. The molecular formula is C23H29N3O5. The number of methoxy groups -OCH3 is 1. The SMILES string of the molecule is CCCCNC(=O)[C@H](C)N(Cc1ccc(OC)cc1)C(=O)Cc1ccccc1[N+](=O)[O-]. The van der Waals surface area contributed by atoms with Gasteiger partial charge in [0.05, 0.1) is 18.5 Å². The number of rotatable bonds is 11. The second kappa shape index (κ2) is 11.7. The van der Waals surface area contributed by atoms with Gasteiger partial charge in [0.25, 0.3) is 5.69 Å². The highest BCUT2D eigenvalue weighted by atomic mass is 16.6. The number of carbonyl (C=O) groups excluding carboxylic acids is 2.